The Morgan fingerprint density at radius 3 is 2.72 bits per heavy atom. The number of nitrogens with zero attached hydrogens (tertiary/aromatic N) is 2. The molecule has 3 unspecified atom stereocenters. The summed E-state index contributed by atoms with van der Waals surface area (Å²) in [6.07, 6.45) is 1.32. The first-order chi connectivity index (χ1) is 8.52. The van der Waals surface area contributed by atoms with Crippen molar-refractivity contribution in [3.05, 3.63) is 16.4 Å². The SMILES string of the molecule is CC1SCCSC1C(O)c1c(Br)cnn1C(C)C. The summed E-state index contributed by atoms with van der Waals surface area (Å²) in [6.45, 7) is 6.37. The van der Waals surface area contributed by atoms with Gasteiger partial charge in [0.1, 0.15) is 6.10 Å². The molecular formula is C12H19BrN2OS2. The summed E-state index contributed by atoms with van der Waals surface area (Å²) >= 11 is 7.33. The standard InChI is InChI=1S/C12H19BrN2OS2/c1-7(2)15-10(9(13)6-14-15)11(16)12-8(3)17-4-5-18-12/h6-8,11-12,16H,4-5H2,1-3H3. The van der Waals surface area contributed by atoms with E-state index in [0.29, 0.717) is 5.25 Å². The Labute approximate surface area is 125 Å². The molecule has 2 heterocycles. The topological polar surface area (TPSA) is 38.1 Å². The summed E-state index contributed by atoms with van der Waals surface area (Å²) in [7, 11) is 0. The van der Waals surface area contributed by atoms with Crippen molar-refractivity contribution >= 4 is 39.5 Å². The van der Waals surface area contributed by atoms with E-state index in [1.807, 2.05) is 28.2 Å². The summed E-state index contributed by atoms with van der Waals surface area (Å²) in [5, 5.41) is 15.8. The van der Waals surface area contributed by atoms with Gasteiger partial charge >= 0.3 is 0 Å². The van der Waals surface area contributed by atoms with Gasteiger partial charge in [0.2, 0.25) is 0 Å². The second-order valence-electron chi connectivity index (χ2n) is 4.77. The lowest BCUT2D eigenvalue weighted by atomic mass is 10.1. The van der Waals surface area contributed by atoms with E-state index in [0.717, 1.165) is 15.9 Å². The molecule has 3 atom stereocenters. The van der Waals surface area contributed by atoms with Crippen LogP contribution in [0.2, 0.25) is 0 Å². The molecule has 1 aliphatic heterocycles. The van der Waals surface area contributed by atoms with Gasteiger partial charge in [0.25, 0.3) is 0 Å². The maximum absolute atomic E-state index is 10.7. The normalized spacial score (nSPS) is 26.6. The summed E-state index contributed by atoms with van der Waals surface area (Å²) in [4.78, 5) is 0. The molecule has 2 rings (SSSR count). The van der Waals surface area contributed by atoms with Crippen LogP contribution >= 0.6 is 39.5 Å². The number of halogens is 1. The van der Waals surface area contributed by atoms with Gasteiger partial charge in [-0.2, -0.15) is 28.6 Å². The maximum atomic E-state index is 10.7. The Hall–Kier alpha value is 0.350. The number of hydrogen-bond donors (Lipinski definition) is 1. The zero-order valence-corrected chi connectivity index (χ0v) is 14.1. The molecule has 0 bridgehead atoms. The Kier molecular flexibility index (Phi) is 5.08. The average Bonchev–Trinajstić information content (AvgIpc) is 2.71. The van der Waals surface area contributed by atoms with Gasteiger partial charge in [0.05, 0.1) is 16.4 Å². The Morgan fingerprint density at radius 1 is 1.44 bits per heavy atom. The van der Waals surface area contributed by atoms with Crippen molar-refractivity contribution in [1.82, 2.24) is 9.78 Å². The zero-order chi connectivity index (χ0) is 13.3. The smallest absolute Gasteiger partial charge is 0.110 e. The first kappa shape index (κ1) is 14.8. The van der Waals surface area contributed by atoms with Gasteiger partial charge in [-0.15, -0.1) is 0 Å². The van der Waals surface area contributed by atoms with E-state index in [9.17, 15) is 5.11 Å². The van der Waals surface area contributed by atoms with Crippen molar-refractivity contribution in [3.8, 4) is 0 Å². The quantitative estimate of drug-likeness (QED) is 0.905. The molecule has 102 valence electrons. The van der Waals surface area contributed by atoms with Gasteiger partial charge in [-0.25, -0.2) is 0 Å². The van der Waals surface area contributed by atoms with Crippen molar-refractivity contribution in [2.45, 2.75) is 43.4 Å². The van der Waals surface area contributed by atoms with Gasteiger partial charge in [-0.05, 0) is 29.8 Å². The van der Waals surface area contributed by atoms with Crippen LogP contribution in [-0.4, -0.2) is 36.9 Å². The van der Waals surface area contributed by atoms with E-state index in [-0.39, 0.29) is 11.3 Å². The molecule has 0 aromatic carbocycles. The number of aromatic nitrogens is 2. The summed E-state index contributed by atoms with van der Waals surface area (Å²) in [6, 6.07) is 0.262. The lowest BCUT2D eigenvalue weighted by Crippen LogP contribution is -2.31. The minimum Gasteiger partial charge on any atom is -0.386 e. The van der Waals surface area contributed by atoms with Crippen LogP contribution in [0.5, 0.6) is 0 Å². The zero-order valence-electron chi connectivity index (χ0n) is 10.8. The summed E-state index contributed by atoms with van der Waals surface area (Å²) in [5.74, 6) is 2.30. The second kappa shape index (κ2) is 6.20. The minimum absolute atomic E-state index is 0.245. The fourth-order valence-corrected chi connectivity index (χ4v) is 5.50. The van der Waals surface area contributed by atoms with E-state index in [1.54, 1.807) is 6.20 Å². The highest BCUT2D eigenvalue weighted by Crippen LogP contribution is 2.40. The van der Waals surface area contributed by atoms with Crippen molar-refractivity contribution in [2.24, 2.45) is 0 Å². The molecule has 6 heteroatoms. The molecule has 1 aliphatic rings. The second-order valence-corrected chi connectivity index (χ2v) is 8.40. The first-order valence-electron chi connectivity index (χ1n) is 6.16. The largest absolute Gasteiger partial charge is 0.386 e. The molecule has 0 saturated carbocycles. The lowest BCUT2D eigenvalue weighted by Gasteiger charge is -2.32. The number of thioether (sulfide) groups is 2. The number of rotatable bonds is 3. The van der Waals surface area contributed by atoms with Crippen LogP contribution in [0.15, 0.2) is 10.7 Å². The van der Waals surface area contributed by atoms with E-state index >= 15 is 0 Å². The first-order valence-corrected chi connectivity index (χ1v) is 9.05. The van der Waals surface area contributed by atoms with Crippen molar-refractivity contribution in [1.29, 1.82) is 0 Å². The van der Waals surface area contributed by atoms with Gasteiger partial charge in [-0.1, -0.05) is 6.92 Å². The number of hydrogen-bond acceptors (Lipinski definition) is 4. The van der Waals surface area contributed by atoms with E-state index < -0.39 is 6.10 Å². The van der Waals surface area contributed by atoms with Crippen molar-refractivity contribution in [3.63, 3.8) is 0 Å². The van der Waals surface area contributed by atoms with Gasteiger partial charge < -0.3 is 5.11 Å². The maximum Gasteiger partial charge on any atom is 0.110 e. The van der Waals surface area contributed by atoms with Crippen LogP contribution in [0.4, 0.5) is 0 Å². The van der Waals surface area contributed by atoms with Crippen LogP contribution in [0.1, 0.15) is 38.6 Å². The molecule has 0 amide bonds. The molecule has 18 heavy (non-hydrogen) atoms. The molecule has 1 aromatic rings. The molecule has 3 nitrogen and oxygen atoms in total. The monoisotopic (exact) mass is 350 g/mol. The average molecular weight is 351 g/mol. The van der Waals surface area contributed by atoms with E-state index in [4.69, 9.17) is 0 Å². The van der Waals surface area contributed by atoms with E-state index in [1.165, 1.54) is 5.75 Å². The highest BCUT2D eigenvalue weighted by atomic mass is 79.9. The Bertz CT molecular complexity index is 411. The summed E-state index contributed by atoms with van der Waals surface area (Å²) < 4.78 is 2.83. The Morgan fingerprint density at radius 2 is 2.11 bits per heavy atom. The molecule has 1 saturated heterocycles. The number of aliphatic hydroxyl groups excluding tert-OH is 1. The molecule has 0 aliphatic carbocycles. The minimum atomic E-state index is -0.461. The third-order valence-electron chi connectivity index (χ3n) is 3.10. The predicted molar refractivity (Wildman–Crippen MR) is 83.4 cm³/mol. The fourth-order valence-electron chi connectivity index (χ4n) is 2.19. The molecule has 1 fully saturated rings. The lowest BCUT2D eigenvalue weighted by molar-refractivity contribution is 0.160. The molecule has 1 aromatic heterocycles. The molecule has 1 N–H and O–H groups in total. The fraction of sp³-hybridized carbons (Fsp3) is 0.750. The highest BCUT2D eigenvalue weighted by molar-refractivity contribution is 9.10. The van der Waals surface area contributed by atoms with Gasteiger partial charge in [0, 0.05) is 28.0 Å². The molecular weight excluding hydrogens is 332 g/mol. The Balaban J connectivity index is 2.27. The van der Waals surface area contributed by atoms with E-state index in [2.05, 4.69) is 41.8 Å². The van der Waals surface area contributed by atoms with Crippen molar-refractivity contribution in [2.75, 3.05) is 11.5 Å². The predicted octanol–water partition coefficient (Wildman–Crippen LogP) is 3.50. The van der Waals surface area contributed by atoms with Gasteiger partial charge in [0.15, 0.2) is 0 Å². The van der Waals surface area contributed by atoms with Crippen LogP contribution < -0.4 is 0 Å². The third-order valence-corrected chi connectivity index (χ3v) is 6.90. The van der Waals surface area contributed by atoms with Crippen molar-refractivity contribution < 1.29 is 5.11 Å². The third kappa shape index (κ3) is 2.92. The molecule has 0 radical (unpaired) electrons. The summed E-state index contributed by atoms with van der Waals surface area (Å²) in [5.41, 5.74) is 0.914. The van der Waals surface area contributed by atoms with Crippen LogP contribution in [-0.2, 0) is 0 Å². The number of aliphatic hydroxyl groups is 1. The highest BCUT2D eigenvalue weighted by Gasteiger charge is 2.33. The van der Waals surface area contributed by atoms with Crippen LogP contribution in [0.3, 0.4) is 0 Å². The van der Waals surface area contributed by atoms with Crippen LogP contribution in [0, 0.1) is 0 Å². The van der Waals surface area contributed by atoms with Crippen LogP contribution in [0.25, 0.3) is 0 Å². The van der Waals surface area contributed by atoms with Gasteiger partial charge in [-0.3, -0.25) is 4.68 Å². The molecule has 0 spiro atoms.